The predicted molar refractivity (Wildman–Crippen MR) is 127 cm³/mol. The summed E-state index contributed by atoms with van der Waals surface area (Å²) in [4.78, 5) is 60.4. The molecule has 0 spiro atoms. The molecule has 0 aliphatic carbocycles. The Labute approximate surface area is 201 Å². The third-order valence-corrected chi connectivity index (χ3v) is 4.83. The second-order valence-corrected chi connectivity index (χ2v) is 7.44. The van der Waals surface area contributed by atoms with Crippen molar-refractivity contribution in [2.24, 2.45) is 0 Å². The maximum atomic E-state index is 12.3. The zero-order chi connectivity index (χ0) is 25.0. The lowest BCUT2D eigenvalue weighted by atomic mass is 10.1. The summed E-state index contributed by atoms with van der Waals surface area (Å²) in [5, 5.41) is 2.59. The SMILES string of the molecule is O=C(CCC(=O)OCC(=O)c1ccccc1)Nc1cccc(C(=O)OCC(=O)c2ccccc2)c1. The molecule has 1 N–H and O–H groups in total. The molecule has 0 unspecified atom stereocenters. The summed E-state index contributed by atoms with van der Waals surface area (Å²) in [7, 11) is 0. The van der Waals surface area contributed by atoms with Crippen LogP contribution < -0.4 is 5.32 Å². The number of esters is 2. The first-order chi connectivity index (χ1) is 16.9. The lowest BCUT2D eigenvalue weighted by Crippen LogP contribution is -2.18. The van der Waals surface area contributed by atoms with Crippen molar-refractivity contribution in [2.75, 3.05) is 18.5 Å². The number of Topliss-reactive ketones (excluding diaryl/α,β-unsaturated/α-hetero) is 2. The third kappa shape index (κ3) is 8.04. The van der Waals surface area contributed by atoms with Gasteiger partial charge in [-0.25, -0.2) is 4.79 Å². The van der Waals surface area contributed by atoms with E-state index in [0.29, 0.717) is 16.8 Å². The molecule has 3 aromatic rings. The molecule has 0 saturated heterocycles. The molecular formula is C27H23NO7. The number of hydrogen-bond donors (Lipinski definition) is 1. The van der Waals surface area contributed by atoms with Gasteiger partial charge in [0.05, 0.1) is 12.0 Å². The second-order valence-electron chi connectivity index (χ2n) is 7.44. The molecule has 0 aromatic heterocycles. The van der Waals surface area contributed by atoms with E-state index in [2.05, 4.69) is 5.32 Å². The van der Waals surface area contributed by atoms with Crippen molar-refractivity contribution in [3.63, 3.8) is 0 Å². The van der Waals surface area contributed by atoms with Crippen LogP contribution in [-0.2, 0) is 19.1 Å². The van der Waals surface area contributed by atoms with Crippen molar-refractivity contribution < 1.29 is 33.4 Å². The van der Waals surface area contributed by atoms with Crippen LogP contribution in [0.25, 0.3) is 0 Å². The van der Waals surface area contributed by atoms with Gasteiger partial charge in [0.2, 0.25) is 5.91 Å². The van der Waals surface area contributed by atoms with Gasteiger partial charge in [-0.2, -0.15) is 0 Å². The minimum Gasteiger partial charge on any atom is -0.457 e. The lowest BCUT2D eigenvalue weighted by Gasteiger charge is -2.08. The minimum atomic E-state index is -0.711. The summed E-state index contributed by atoms with van der Waals surface area (Å²) >= 11 is 0. The Balaban J connectivity index is 1.42. The molecular weight excluding hydrogens is 450 g/mol. The van der Waals surface area contributed by atoms with Crippen molar-refractivity contribution in [3.05, 3.63) is 102 Å². The second kappa shape index (κ2) is 12.6. The van der Waals surface area contributed by atoms with Crippen LogP contribution in [0.4, 0.5) is 5.69 Å². The lowest BCUT2D eigenvalue weighted by molar-refractivity contribution is -0.143. The molecule has 0 heterocycles. The highest BCUT2D eigenvalue weighted by atomic mass is 16.5. The van der Waals surface area contributed by atoms with Gasteiger partial charge >= 0.3 is 11.9 Å². The summed E-state index contributed by atoms with van der Waals surface area (Å²) < 4.78 is 10.0. The number of carbonyl (C=O) groups is 5. The first-order valence-corrected chi connectivity index (χ1v) is 10.8. The Morgan fingerprint density at radius 3 is 1.74 bits per heavy atom. The monoisotopic (exact) mass is 473 g/mol. The average molecular weight is 473 g/mol. The fourth-order valence-corrected chi connectivity index (χ4v) is 3.01. The van der Waals surface area contributed by atoms with Crippen LogP contribution in [0.5, 0.6) is 0 Å². The zero-order valence-electron chi connectivity index (χ0n) is 18.8. The van der Waals surface area contributed by atoms with E-state index >= 15 is 0 Å². The number of ketones is 2. The van der Waals surface area contributed by atoms with E-state index in [0.717, 1.165) is 0 Å². The molecule has 0 aliphatic heterocycles. The summed E-state index contributed by atoms with van der Waals surface area (Å²) in [5.74, 6) is -2.53. The van der Waals surface area contributed by atoms with E-state index in [1.165, 1.54) is 12.1 Å². The van der Waals surface area contributed by atoms with Crippen LogP contribution in [-0.4, -0.2) is 42.6 Å². The van der Waals surface area contributed by atoms with Crippen LogP contribution >= 0.6 is 0 Å². The van der Waals surface area contributed by atoms with Crippen LogP contribution in [0.3, 0.4) is 0 Å². The topological polar surface area (TPSA) is 116 Å². The third-order valence-electron chi connectivity index (χ3n) is 4.83. The van der Waals surface area contributed by atoms with Crippen molar-refractivity contribution in [1.82, 2.24) is 0 Å². The molecule has 0 fully saturated rings. The Hall–Kier alpha value is -4.59. The molecule has 35 heavy (non-hydrogen) atoms. The smallest absolute Gasteiger partial charge is 0.338 e. The highest BCUT2D eigenvalue weighted by molar-refractivity contribution is 6.00. The molecule has 178 valence electrons. The number of carbonyl (C=O) groups excluding carboxylic acids is 5. The largest absolute Gasteiger partial charge is 0.457 e. The van der Waals surface area contributed by atoms with E-state index in [9.17, 15) is 24.0 Å². The van der Waals surface area contributed by atoms with E-state index < -0.39 is 31.1 Å². The summed E-state index contributed by atoms with van der Waals surface area (Å²) in [5.41, 5.74) is 1.35. The first-order valence-electron chi connectivity index (χ1n) is 10.8. The number of amides is 1. The standard InChI is InChI=1S/C27H23NO7/c29-23(19-8-3-1-4-9-19)17-34-26(32)15-14-25(31)28-22-13-7-12-21(16-22)27(33)35-18-24(30)20-10-5-2-6-11-20/h1-13,16H,14-15,17-18H2,(H,28,31). The molecule has 8 nitrogen and oxygen atoms in total. The molecule has 0 radical (unpaired) electrons. The summed E-state index contributed by atoms with van der Waals surface area (Å²) in [6.45, 7) is -0.810. The fraction of sp³-hybridized carbons (Fsp3) is 0.148. The van der Waals surface area contributed by atoms with E-state index in [-0.39, 0.29) is 30.0 Å². The van der Waals surface area contributed by atoms with Crippen molar-refractivity contribution in [1.29, 1.82) is 0 Å². The van der Waals surface area contributed by atoms with Gasteiger partial charge in [0.1, 0.15) is 0 Å². The molecule has 1 amide bonds. The quantitative estimate of drug-likeness (QED) is 0.332. The Bertz CT molecular complexity index is 1210. The number of rotatable bonds is 11. The van der Waals surface area contributed by atoms with Crippen LogP contribution in [0, 0.1) is 0 Å². The van der Waals surface area contributed by atoms with Gasteiger partial charge in [-0.3, -0.25) is 19.2 Å². The van der Waals surface area contributed by atoms with Gasteiger partial charge in [0.15, 0.2) is 24.8 Å². The Morgan fingerprint density at radius 1 is 0.600 bits per heavy atom. The van der Waals surface area contributed by atoms with Gasteiger partial charge in [0, 0.05) is 23.2 Å². The number of anilines is 1. The van der Waals surface area contributed by atoms with Crippen LogP contribution in [0.1, 0.15) is 43.9 Å². The molecule has 0 aliphatic rings. The summed E-state index contributed by atoms with van der Waals surface area (Å²) in [6, 6.07) is 22.9. The summed E-state index contributed by atoms with van der Waals surface area (Å²) in [6.07, 6.45) is -0.379. The number of nitrogens with one attached hydrogen (secondary N) is 1. The number of benzene rings is 3. The van der Waals surface area contributed by atoms with Gasteiger partial charge in [-0.1, -0.05) is 66.7 Å². The number of ether oxygens (including phenoxy) is 2. The normalized spacial score (nSPS) is 10.2. The fourth-order valence-electron chi connectivity index (χ4n) is 3.01. The molecule has 0 atom stereocenters. The van der Waals surface area contributed by atoms with Gasteiger partial charge in [-0.05, 0) is 18.2 Å². The van der Waals surface area contributed by atoms with Crippen molar-refractivity contribution in [2.45, 2.75) is 12.8 Å². The van der Waals surface area contributed by atoms with Gasteiger partial charge < -0.3 is 14.8 Å². The zero-order valence-corrected chi connectivity index (χ0v) is 18.8. The number of hydrogen-bond acceptors (Lipinski definition) is 7. The Kier molecular flexibility index (Phi) is 9.01. The predicted octanol–water partition coefficient (Wildman–Crippen LogP) is 3.87. The first kappa shape index (κ1) is 25.0. The van der Waals surface area contributed by atoms with Crippen molar-refractivity contribution in [3.8, 4) is 0 Å². The van der Waals surface area contributed by atoms with E-state index in [1.54, 1.807) is 72.8 Å². The highest BCUT2D eigenvalue weighted by Gasteiger charge is 2.14. The van der Waals surface area contributed by atoms with Gasteiger partial charge in [-0.15, -0.1) is 0 Å². The van der Waals surface area contributed by atoms with Crippen molar-refractivity contribution >= 4 is 35.1 Å². The van der Waals surface area contributed by atoms with Crippen LogP contribution in [0.2, 0.25) is 0 Å². The molecule has 3 aromatic carbocycles. The molecule has 3 rings (SSSR count). The average Bonchev–Trinajstić information content (AvgIpc) is 2.90. The Morgan fingerprint density at radius 2 is 1.14 bits per heavy atom. The maximum absolute atomic E-state index is 12.3. The molecule has 0 saturated carbocycles. The van der Waals surface area contributed by atoms with Gasteiger partial charge in [0.25, 0.3) is 0 Å². The minimum absolute atomic E-state index is 0.155. The maximum Gasteiger partial charge on any atom is 0.338 e. The molecule has 0 bridgehead atoms. The van der Waals surface area contributed by atoms with E-state index in [4.69, 9.17) is 9.47 Å². The highest BCUT2D eigenvalue weighted by Crippen LogP contribution is 2.13. The van der Waals surface area contributed by atoms with E-state index in [1.807, 2.05) is 0 Å². The molecule has 8 heteroatoms. The van der Waals surface area contributed by atoms with Crippen LogP contribution in [0.15, 0.2) is 84.9 Å².